The number of aliphatic hydroxyl groups excluding tert-OH is 1. The maximum Gasteiger partial charge on any atom is 0.313 e. The van der Waals surface area contributed by atoms with Gasteiger partial charge in [0.1, 0.15) is 24.2 Å². The lowest BCUT2D eigenvalue weighted by Crippen LogP contribution is -2.61. The molecule has 0 aliphatic carbocycles. The number of aliphatic hydroxyl groups is 1. The average Bonchev–Trinajstić information content (AvgIpc) is 3.45. The van der Waals surface area contributed by atoms with Crippen LogP contribution < -0.4 is 0 Å². The molecule has 0 aromatic rings. The highest BCUT2D eigenvalue weighted by Gasteiger charge is 2.79. The second-order valence-electron chi connectivity index (χ2n) is 13.4. The van der Waals surface area contributed by atoms with Gasteiger partial charge in [0, 0.05) is 25.2 Å². The Labute approximate surface area is 234 Å². The molecule has 3 rings (SSSR count). The van der Waals surface area contributed by atoms with E-state index in [0.29, 0.717) is 45.2 Å². The largest absolute Gasteiger partial charge is 0.461 e. The van der Waals surface area contributed by atoms with E-state index in [1.807, 2.05) is 11.8 Å². The molecular weight excluding hydrogens is 496 g/mol. The van der Waals surface area contributed by atoms with Crippen molar-refractivity contribution in [1.29, 1.82) is 0 Å². The van der Waals surface area contributed by atoms with Crippen LogP contribution in [0.3, 0.4) is 0 Å². The number of hydrogen-bond acceptors (Lipinski definition) is 6. The summed E-state index contributed by atoms with van der Waals surface area (Å²) in [5.74, 6) is -2.36. The number of amides is 2. The van der Waals surface area contributed by atoms with E-state index in [2.05, 4.69) is 47.8 Å². The van der Waals surface area contributed by atoms with E-state index in [4.69, 9.17) is 9.47 Å². The highest BCUT2D eigenvalue weighted by molar-refractivity contribution is 5.98. The Balaban J connectivity index is 2.09. The van der Waals surface area contributed by atoms with E-state index < -0.39 is 40.6 Å². The Bertz CT molecular complexity index is 955. The van der Waals surface area contributed by atoms with Crippen LogP contribution in [0, 0.1) is 17.3 Å². The Hall–Kier alpha value is -2.19. The topological polar surface area (TPSA) is 96.4 Å². The number of rotatable bonds is 14. The summed E-state index contributed by atoms with van der Waals surface area (Å²) in [4.78, 5) is 45.9. The van der Waals surface area contributed by atoms with E-state index in [-0.39, 0.29) is 30.4 Å². The number of carbonyl (C=O) groups is 3. The monoisotopic (exact) mass is 546 g/mol. The zero-order valence-electron chi connectivity index (χ0n) is 25.0. The summed E-state index contributed by atoms with van der Waals surface area (Å²) >= 11 is 0. The molecule has 8 nitrogen and oxygen atoms in total. The van der Waals surface area contributed by atoms with Gasteiger partial charge in [0.25, 0.3) is 0 Å². The summed E-state index contributed by atoms with van der Waals surface area (Å²) in [6.07, 6.45) is 7.69. The van der Waals surface area contributed by atoms with Crippen LogP contribution in [-0.4, -0.2) is 81.8 Å². The number of unbranched alkanes of at least 4 members (excludes halogenated alkanes) is 2. The van der Waals surface area contributed by atoms with Crippen molar-refractivity contribution in [2.75, 3.05) is 26.3 Å². The highest BCUT2D eigenvalue weighted by Crippen LogP contribution is 2.64. The van der Waals surface area contributed by atoms with Crippen molar-refractivity contribution in [2.45, 2.75) is 109 Å². The first-order chi connectivity index (χ1) is 18.2. The zero-order valence-corrected chi connectivity index (χ0v) is 25.0. The van der Waals surface area contributed by atoms with Crippen molar-refractivity contribution in [1.82, 2.24) is 9.80 Å². The molecule has 1 N–H and O–H groups in total. The quantitative estimate of drug-likeness (QED) is 0.199. The molecule has 3 fully saturated rings. The minimum atomic E-state index is -1.09. The molecule has 3 aliphatic rings. The smallest absolute Gasteiger partial charge is 0.313 e. The van der Waals surface area contributed by atoms with Crippen LogP contribution in [0.15, 0.2) is 25.3 Å². The second-order valence-corrected chi connectivity index (χ2v) is 13.4. The van der Waals surface area contributed by atoms with Crippen molar-refractivity contribution in [3.05, 3.63) is 25.3 Å². The van der Waals surface area contributed by atoms with Crippen molar-refractivity contribution < 1.29 is 29.0 Å². The SMILES string of the molecule is C=CCOC(=O)[C@@H]1[C@H]2C(=O)N(CCCCCO)C(C(=O)N(CC=C)C(C)(C)CC(C)(C)C)C23CC[C@@]1(CC)O3. The molecule has 2 amide bonds. The molecule has 220 valence electrons. The van der Waals surface area contributed by atoms with Gasteiger partial charge in [0.05, 0.1) is 11.5 Å². The van der Waals surface area contributed by atoms with Crippen LogP contribution in [0.2, 0.25) is 0 Å². The van der Waals surface area contributed by atoms with Gasteiger partial charge in [0.2, 0.25) is 11.8 Å². The Morgan fingerprint density at radius 1 is 1.15 bits per heavy atom. The lowest BCUT2D eigenvalue weighted by atomic mass is 9.65. The fraction of sp³-hybridized carbons (Fsp3) is 0.774. The van der Waals surface area contributed by atoms with E-state index in [9.17, 15) is 19.5 Å². The summed E-state index contributed by atoms with van der Waals surface area (Å²) in [6.45, 7) is 21.0. The summed E-state index contributed by atoms with van der Waals surface area (Å²) in [5, 5.41) is 9.27. The number of hydrogen-bond donors (Lipinski definition) is 1. The molecule has 0 radical (unpaired) electrons. The van der Waals surface area contributed by atoms with Crippen LogP contribution in [-0.2, 0) is 23.9 Å². The third-order valence-electron chi connectivity index (χ3n) is 8.84. The molecule has 3 heterocycles. The molecule has 2 unspecified atom stereocenters. The van der Waals surface area contributed by atoms with Gasteiger partial charge < -0.3 is 24.4 Å². The van der Waals surface area contributed by atoms with Crippen LogP contribution in [0.1, 0.15) is 86.5 Å². The molecule has 0 aromatic heterocycles. The zero-order chi connectivity index (χ0) is 29.2. The highest BCUT2D eigenvalue weighted by atomic mass is 16.6. The first kappa shape index (κ1) is 31.3. The van der Waals surface area contributed by atoms with E-state index in [1.165, 1.54) is 6.08 Å². The molecule has 3 aliphatic heterocycles. The van der Waals surface area contributed by atoms with E-state index in [0.717, 1.165) is 12.8 Å². The van der Waals surface area contributed by atoms with Crippen molar-refractivity contribution in [2.24, 2.45) is 17.3 Å². The molecule has 2 bridgehead atoms. The van der Waals surface area contributed by atoms with Gasteiger partial charge in [-0.2, -0.15) is 0 Å². The average molecular weight is 547 g/mol. The number of esters is 1. The predicted molar refractivity (Wildman–Crippen MR) is 151 cm³/mol. The molecule has 1 spiro atoms. The van der Waals surface area contributed by atoms with Crippen LogP contribution in [0.4, 0.5) is 0 Å². The van der Waals surface area contributed by atoms with Crippen LogP contribution in [0.5, 0.6) is 0 Å². The molecule has 0 aromatic carbocycles. The summed E-state index contributed by atoms with van der Waals surface area (Å²) in [6, 6.07) is -0.839. The third kappa shape index (κ3) is 5.69. The Morgan fingerprint density at radius 2 is 1.85 bits per heavy atom. The Kier molecular flexibility index (Phi) is 9.43. The fourth-order valence-corrected chi connectivity index (χ4v) is 7.70. The van der Waals surface area contributed by atoms with E-state index >= 15 is 0 Å². The summed E-state index contributed by atoms with van der Waals surface area (Å²) in [5.41, 5.74) is -2.46. The van der Waals surface area contributed by atoms with Crippen LogP contribution >= 0.6 is 0 Å². The first-order valence-corrected chi connectivity index (χ1v) is 14.6. The van der Waals surface area contributed by atoms with Crippen molar-refractivity contribution >= 4 is 17.8 Å². The maximum absolute atomic E-state index is 14.7. The summed E-state index contributed by atoms with van der Waals surface area (Å²) < 4.78 is 12.3. The minimum Gasteiger partial charge on any atom is -0.461 e. The number of nitrogens with zero attached hydrogens (tertiary/aromatic N) is 2. The molecule has 5 atom stereocenters. The fourth-order valence-electron chi connectivity index (χ4n) is 7.70. The predicted octanol–water partition coefficient (Wildman–Crippen LogP) is 4.26. The van der Waals surface area contributed by atoms with Crippen molar-refractivity contribution in [3.63, 3.8) is 0 Å². The normalized spacial score (nSPS) is 29.9. The van der Waals surface area contributed by atoms with Gasteiger partial charge in [0.15, 0.2) is 0 Å². The number of likely N-dealkylation sites (tertiary alicyclic amines) is 1. The lowest BCUT2D eigenvalue weighted by molar-refractivity contribution is -0.162. The van der Waals surface area contributed by atoms with Gasteiger partial charge >= 0.3 is 5.97 Å². The molecule has 0 saturated carbocycles. The third-order valence-corrected chi connectivity index (χ3v) is 8.84. The molecule has 39 heavy (non-hydrogen) atoms. The van der Waals surface area contributed by atoms with Crippen molar-refractivity contribution in [3.8, 4) is 0 Å². The van der Waals surface area contributed by atoms with Gasteiger partial charge in [-0.1, -0.05) is 46.4 Å². The van der Waals surface area contributed by atoms with E-state index in [1.54, 1.807) is 11.0 Å². The number of ether oxygens (including phenoxy) is 2. The number of carbonyl (C=O) groups excluding carboxylic acids is 3. The van der Waals surface area contributed by atoms with Gasteiger partial charge in [-0.25, -0.2) is 0 Å². The van der Waals surface area contributed by atoms with Gasteiger partial charge in [-0.3, -0.25) is 14.4 Å². The van der Waals surface area contributed by atoms with Gasteiger partial charge in [-0.15, -0.1) is 6.58 Å². The molecular formula is C31H50N2O6. The maximum atomic E-state index is 14.7. The summed E-state index contributed by atoms with van der Waals surface area (Å²) in [7, 11) is 0. The standard InChI is InChI=1S/C31H50N2O6/c1-9-17-33(29(7,8)21-28(4,5)6)26(36)24-31-16-15-30(11-3,39-31)23(27(37)38-20-10-2)22(31)25(35)32(24)18-13-12-14-19-34/h9-10,22-24,34H,1-2,11-21H2,3-8H3/t22-,23-,24?,30+,31?/m0/s1. The van der Waals surface area contributed by atoms with Crippen LogP contribution in [0.25, 0.3) is 0 Å². The minimum absolute atomic E-state index is 0.0336. The molecule has 3 saturated heterocycles. The second kappa shape index (κ2) is 11.7. The first-order valence-electron chi connectivity index (χ1n) is 14.6. The molecule has 8 heteroatoms. The lowest BCUT2D eigenvalue weighted by Gasteiger charge is -2.45. The van der Waals surface area contributed by atoms with Gasteiger partial charge in [-0.05, 0) is 64.2 Å². The number of fused-ring (bicyclic) bond motifs is 1. The Morgan fingerprint density at radius 3 is 2.41 bits per heavy atom.